The molecule has 2 rings (SSSR count). The monoisotopic (exact) mass is 454 g/mol. The molecule has 0 spiro atoms. The van der Waals surface area contributed by atoms with E-state index < -0.39 is 34.2 Å². The summed E-state index contributed by atoms with van der Waals surface area (Å²) in [7, 11) is -3.75. The van der Waals surface area contributed by atoms with Gasteiger partial charge in [-0.3, -0.25) is 4.79 Å². The SMILES string of the molecule is CS(=O)(=O)N(CC(=O)Nc1ccc(C(F)(F)F)cc1)Cc1ccc(Cl)c(Cl)c1. The van der Waals surface area contributed by atoms with E-state index in [0.717, 1.165) is 34.8 Å². The van der Waals surface area contributed by atoms with Gasteiger partial charge in [-0.2, -0.15) is 17.5 Å². The topological polar surface area (TPSA) is 66.5 Å². The Morgan fingerprint density at radius 1 is 1.07 bits per heavy atom. The van der Waals surface area contributed by atoms with E-state index in [0.29, 0.717) is 10.6 Å². The van der Waals surface area contributed by atoms with Crippen LogP contribution in [0.3, 0.4) is 0 Å². The van der Waals surface area contributed by atoms with Crippen molar-refractivity contribution in [2.45, 2.75) is 12.7 Å². The summed E-state index contributed by atoms with van der Waals surface area (Å²) in [4.78, 5) is 12.2. The maximum absolute atomic E-state index is 12.6. The van der Waals surface area contributed by atoms with Crippen LogP contribution in [0.15, 0.2) is 42.5 Å². The molecule has 0 saturated heterocycles. The third-order valence-corrected chi connectivity index (χ3v) is 5.56. The van der Waals surface area contributed by atoms with Gasteiger partial charge in [-0.15, -0.1) is 0 Å². The van der Waals surface area contributed by atoms with E-state index in [2.05, 4.69) is 5.32 Å². The first kappa shape index (κ1) is 22.5. The van der Waals surface area contributed by atoms with Crippen molar-refractivity contribution in [1.29, 1.82) is 0 Å². The number of amides is 1. The number of nitrogens with zero attached hydrogens (tertiary/aromatic N) is 1. The van der Waals surface area contributed by atoms with Crippen LogP contribution in [0.2, 0.25) is 10.0 Å². The Morgan fingerprint density at radius 2 is 1.68 bits per heavy atom. The highest BCUT2D eigenvalue weighted by Crippen LogP contribution is 2.29. The number of carbonyl (C=O) groups is 1. The first-order valence-electron chi connectivity index (χ1n) is 7.72. The largest absolute Gasteiger partial charge is 0.416 e. The number of sulfonamides is 1. The van der Waals surface area contributed by atoms with Crippen LogP contribution in [0.1, 0.15) is 11.1 Å². The van der Waals surface area contributed by atoms with E-state index in [4.69, 9.17) is 23.2 Å². The number of alkyl halides is 3. The van der Waals surface area contributed by atoms with Gasteiger partial charge in [0.15, 0.2) is 0 Å². The summed E-state index contributed by atoms with van der Waals surface area (Å²) in [6.45, 7) is -0.656. The number of carbonyl (C=O) groups excluding carboxylic acids is 1. The summed E-state index contributed by atoms with van der Waals surface area (Å²) >= 11 is 11.7. The lowest BCUT2D eigenvalue weighted by Gasteiger charge is -2.20. The molecule has 0 aliphatic heterocycles. The molecule has 0 fully saturated rings. The normalized spacial score (nSPS) is 12.2. The molecule has 1 N–H and O–H groups in total. The molecule has 0 bridgehead atoms. The Kier molecular flexibility index (Phi) is 6.97. The fourth-order valence-corrected chi connectivity index (χ4v) is 3.29. The molecule has 0 aliphatic rings. The molecule has 0 saturated carbocycles. The zero-order valence-electron chi connectivity index (χ0n) is 14.4. The Bertz CT molecular complexity index is 965. The third kappa shape index (κ3) is 6.37. The lowest BCUT2D eigenvalue weighted by atomic mass is 10.2. The molecule has 28 heavy (non-hydrogen) atoms. The number of nitrogens with one attached hydrogen (secondary N) is 1. The smallest absolute Gasteiger partial charge is 0.325 e. The van der Waals surface area contributed by atoms with Crippen LogP contribution in [0.4, 0.5) is 18.9 Å². The van der Waals surface area contributed by atoms with E-state index in [1.807, 2.05) is 0 Å². The summed E-state index contributed by atoms with van der Waals surface area (Å²) in [5, 5.41) is 2.91. The van der Waals surface area contributed by atoms with Gasteiger partial charge in [-0.25, -0.2) is 8.42 Å². The highest BCUT2D eigenvalue weighted by atomic mass is 35.5. The number of benzene rings is 2. The standard InChI is InChI=1S/C17H15Cl2F3N2O3S/c1-28(26,27)24(9-11-2-7-14(18)15(19)8-11)10-16(25)23-13-5-3-12(4-6-13)17(20,21)22/h2-8H,9-10H2,1H3,(H,23,25). The minimum Gasteiger partial charge on any atom is -0.325 e. The summed E-state index contributed by atoms with van der Waals surface area (Å²) < 4.78 is 62.6. The predicted molar refractivity (Wildman–Crippen MR) is 102 cm³/mol. The Balaban J connectivity index is 2.09. The fourth-order valence-electron chi connectivity index (χ4n) is 2.24. The van der Waals surface area contributed by atoms with Crippen LogP contribution in [-0.2, 0) is 27.5 Å². The second kappa shape index (κ2) is 8.69. The minimum atomic E-state index is -4.49. The summed E-state index contributed by atoms with van der Waals surface area (Å²) in [5.74, 6) is -0.703. The van der Waals surface area contributed by atoms with Gasteiger partial charge in [-0.05, 0) is 42.0 Å². The van der Waals surface area contributed by atoms with E-state index in [-0.39, 0.29) is 17.3 Å². The van der Waals surface area contributed by atoms with Crippen LogP contribution in [0.5, 0.6) is 0 Å². The molecular weight excluding hydrogens is 440 g/mol. The molecule has 1 amide bonds. The van der Waals surface area contributed by atoms with Crippen molar-refractivity contribution in [3.05, 3.63) is 63.6 Å². The van der Waals surface area contributed by atoms with Crippen LogP contribution >= 0.6 is 23.2 Å². The molecule has 0 heterocycles. The maximum atomic E-state index is 12.6. The van der Waals surface area contributed by atoms with Gasteiger partial charge in [0.1, 0.15) is 0 Å². The molecule has 5 nitrogen and oxygen atoms in total. The molecule has 0 unspecified atom stereocenters. The highest BCUT2D eigenvalue weighted by Gasteiger charge is 2.30. The van der Waals surface area contributed by atoms with Crippen molar-refractivity contribution in [3.8, 4) is 0 Å². The van der Waals surface area contributed by atoms with Crippen LogP contribution < -0.4 is 5.32 Å². The molecule has 0 aliphatic carbocycles. The van der Waals surface area contributed by atoms with Crippen LogP contribution in [-0.4, -0.2) is 31.4 Å². The minimum absolute atomic E-state index is 0.112. The van der Waals surface area contributed by atoms with E-state index in [1.165, 1.54) is 12.1 Å². The van der Waals surface area contributed by atoms with Crippen LogP contribution in [0.25, 0.3) is 0 Å². The average Bonchev–Trinajstić information content (AvgIpc) is 2.56. The number of anilines is 1. The summed E-state index contributed by atoms with van der Waals surface area (Å²) in [6, 6.07) is 8.37. The van der Waals surface area contributed by atoms with Crippen molar-refractivity contribution in [2.75, 3.05) is 18.1 Å². The van der Waals surface area contributed by atoms with Crippen molar-refractivity contribution >= 4 is 44.8 Å². The molecule has 152 valence electrons. The second-order valence-corrected chi connectivity index (χ2v) is 8.70. The van der Waals surface area contributed by atoms with Gasteiger partial charge in [-0.1, -0.05) is 29.3 Å². The molecule has 0 atom stereocenters. The second-order valence-electron chi connectivity index (χ2n) is 5.90. The van der Waals surface area contributed by atoms with Gasteiger partial charge in [0.2, 0.25) is 15.9 Å². The Hall–Kier alpha value is -1.81. The van der Waals surface area contributed by atoms with Crippen LogP contribution in [0, 0.1) is 0 Å². The lowest BCUT2D eigenvalue weighted by Crippen LogP contribution is -2.36. The van der Waals surface area contributed by atoms with Gasteiger partial charge in [0.05, 0.1) is 28.4 Å². The van der Waals surface area contributed by atoms with E-state index >= 15 is 0 Å². The zero-order chi connectivity index (χ0) is 21.1. The predicted octanol–water partition coefficient (Wildman–Crippen LogP) is 4.41. The molecule has 0 aromatic heterocycles. The van der Waals surface area contributed by atoms with Crippen molar-refractivity contribution in [3.63, 3.8) is 0 Å². The lowest BCUT2D eigenvalue weighted by molar-refractivity contribution is -0.137. The quantitative estimate of drug-likeness (QED) is 0.702. The van der Waals surface area contributed by atoms with Gasteiger partial charge in [0.25, 0.3) is 0 Å². The van der Waals surface area contributed by atoms with E-state index in [9.17, 15) is 26.4 Å². The Morgan fingerprint density at radius 3 is 2.18 bits per heavy atom. The molecule has 2 aromatic carbocycles. The number of rotatable bonds is 6. The highest BCUT2D eigenvalue weighted by molar-refractivity contribution is 7.88. The van der Waals surface area contributed by atoms with Crippen molar-refractivity contribution < 1.29 is 26.4 Å². The van der Waals surface area contributed by atoms with Crippen molar-refractivity contribution in [1.82, 2.24) is 4.31 Å². The van der Waals surface area contributed by atoms with Crippen molar-refractivity contribution in [2.24, 2.45) is 0 Å². The molecule has 0 radical (unpaired) electrons. The fraction of sp³-hybridized carbons (Fsp3) is 0.235. The first-order valence-corrected chi connectivity index (χ1v) is 10.3. The Labute approximate surface area is 170 Å². The van der Waals surface area contributed by atoms with Gasteiger partial charge in [0, 0.05) is 12.2 Å². The summed E-state index contributed by atoms with van der Waals surface area (Å²) in [6.07, 6.45) is -3.55. The molecule has 2 aromatic rings. The third-order valence-electron chi connectivity index (χ3n) is 3.63. The number of halogens is 5. The maximum Gasteiger partial charge on any atom is 0.416 e. The van der Waals surface area contributed by atoms with Gasteiger partial charge < -0.3 is 5.32 Å². The number of hydrogen-bond donors (Lipinski definition) is 1. The molecule has 11 heteroatoms. The van der Waals surface area contributed by atoms with Gasteiger partial charge >= 0.3 is 6.18 Å². The summed E-state index contributed by atoms with van der Waals surface area (Å²) in [5.41, 5.74) is -0.231. The van der Waals surface area contributed by atoms with E-state index in [1.54, 1.807) is 6.07 Å². The zero-order valence-corrected chi connectivity index (χ0v) is 16.8. The number of hydrogen-bond acceptors (Lipinski definition) is 3. The average molecular weight is 455 g/mol. The molecular formula is C17H15Cl2F3N2O3S. The first-order chi connectivity index (χ1) is 12.9.